The van der Waals surface area contributed by atoms with Crippen molar-refractivity contribution >= 4 is 27.4 Å². The molecule has 1 atom stereocenters. The summed E-state index contributed by atoms with van der Waals surface area (Å²) < 4.78 is 0. The van der Waals surface area contributed by atoms with Gasteiger partial charge in [0.1, 0.15) is 6.20 Å². The van der Waals surface area contributed by atoms with Crippen LogP contribution >= 0.6 is 11.3 Å². The van der Waals surface area contributed by atoms with E-state index in [1.807, 2.05) is 6.92 Å². The number of carboxylic acids is 1. The van der Waals surface area contributed by atoms with Gasteiger partial charge in [-0.25, -0.2) is 4.98 Å². The largest absolute Gasteiger partial charge is 0.481 e. The molecule has 0 saturated heterocycles. The molecule has 0 aliphatic heterocycles. The van der Waals surface area contributed by atoms with E-state index in [1.54, 1.807) is 0 Å². The molecule has 0 bridgehead atoms. The molecule has 0 fully saturated rings. The first kappa shape index (κ1) is 13.4. The Morgan fingerprint density at radius 2 is 2.47 bits per heavy atom. The normalized spacial score (nSPS) is 12.1. The molecule has 2 N–H and O–H groups in total. The van der Waals surface area contributed by atoms with Crippen molar-refractivity contribution in [3.63, 3.8) is 0 Å². The maximum Gasteiger partial charge on any atom is 0.345 e. The van der Waals surface area contributed by atoms with Crippen molar-refractivity contribution in [1.82, 2.24) is 4.98 Å². The summed E-state index contributed by atoms with van der Waals surface area (Å²) in [5.74, 6) is -1.37. The summed E-state index contributed by atoms with van der Waals surface area (Å²) in [4.78, 5) is 24.6. The Bertz CT molecular complexity index is 407. The third-order valence-electron chi connectivity index (χ3n) is 2.16. The highest BCUT2D eigenvalue weighted by molar-refractivity contribution is 7.18. The molecule has 0 aliphatic carbocycles. The van der Waals surface area contributed by atoms with Gasteiger partial charge >= 0.3 is 11.0 Å². The highest BCUT2D eigenvalue weighted by atomic mass is 32.1. The molecular weight excluding hydrogens is 246 g/mol. The van der Waals surface area contributed by atoms with E-state index in [1.165, 1.54) is 0 Å². The van der Waals surface area contributed by atoms with Gasteiger partial charge in [0, 0.05) is 6.54 Å². The zero-order valence-electron chi connectivity index (χ0n) is 9.25. The summed E-state index contributed by atoms with van der Waals surface area (Å²) in [6, 6.07) is 0. The molecule has 1 aromatic rings. The molecule has 17 heavy (non-hydrogen) atoms. The number of aliphatic carboxylic acids is 1. The number of nitrogens with one attached hydrogen (secondary N) is 1. The molecule has 0 radical (unpaired) electrons. The van der Waals surface area contributed by atoms with Crippen LogP contribution in [-0.4, -0.2) is 27.5 Å². The Morgan fingerprint density at radius 3 is 2.94 bits per heavy atom. The SMILES string of the molecule is CCCC(CNc1ncc([N+](=O)[O-])s1)C(=O)O. The van der Waals surface area contributed by atoms with Crippen LogP contribution in [0.5, 0.6) is 0 Å². The third-order valence-corrected chi connectivity index (χ3v) is 3.07. The van der Waals surface area contributed by atoms with Gasteiger partial charge in [0.25, 0.3) is 0 Å². The zero-order valence-corrected chi connectivity index (χ0v) is 10.1. The molecule has 1 heterocycles. The Hall–Kier alpha value is -1.70. The van der Waals surface area contributed by atoms with E-state index in [-0.39, 0.29) is 11.5 Å². The Morgan fingerprint density at radius 1 is 1.76 bits per heavy atom. The lowest BCUT2D eigenvalue weighted by Crippen LogP contribution is -2.22. The van der Waals surface area contributed by atoms with E-state index in [0.29, 0.717) is 11.6 Å². The van der Waals surface area contributed by atoms with Crippen molar-refractivity contribution in [2.45, 2.75) is 19.8 Å². The molecule has 0 spiro atoms. The van der Waals surface area contributed by atoms with Crippen LogP contribution in [0.2, 0.25) is 0 Å². The molecule has 94 valence electrons. The average molecular weight is 259 g/mol. The van der Waals surface area contributed by atoms with Gasteiger partial charge < -0.3 is 10.4 Å². The molecule has 1 rings (SSSR count). The summed E-state index contributed by atoms with van der Waals surface area (Å²) in [6.07, 6.45) is 2.50. The number of carbonyl (C=O) groups is 1. The lowest BCUT2D eigenvalue weighted by molar-refractivity contribution is -0.380. The van der Waals surface area contributed by atoms with Gasteiger partial charge in [-0.05, 0) is 17.8 Å². The number of rotatable bonds is 7. The van der Waals surface area contributed by atoms with Crippen LogP contribution in [0.25, 0.3) is 0 Å². The molecule has 0 saturated carbocycles. The molecule has 1 aromatic heterocycles. The number of nitro groups is 1. The average Bonchev–Trinajstić information content (AvgIpc) is 2.72. The summed E-state index contributed by atoms with van der Waals surface area (Å²) in [7, 11) is 0. The number of hydrogen-bond acceptors (Lipinski definition) is 6. The molecule has 0 aromatic carbocycles. The maximum absolute atomic E-state index is 10.9. The first-order valence-corrected chi connectivity index (χ1v) is 5.93. The van der Waals surface area contributed by atoms with Crippen molar-refractivity contribution in [1.29, 1.82) is 0 Å². The molecule has 1 unspecified atom stereocenters. The highest BCUT2D eigenvalue weighted by Crippen LogP contribution is 2.25. The molecule has 0 amide bonds. The minimum Gasteiger partial charge on any atom is -0.481 e. The van der Waals surface area contributed by atoms with Crippen molar-refractivity contribution in [2.75, 3.05) is 11.9 Å². The number of thiazole rings is 1. The van der Waals surface area contributed by atoms with Gasteiger partial charge in [-0.2, -0.15) is 0 Å². The van der Waals surface area contributed by atoms with Gasteiger partial charge in [-0.1, -0.05) is 13.3 Å². The quantitative estimate of drug-likeness (QED) is 0.572. The van der Waals surface area contributed by atoms with Crippen molar-refractivity contribution < 1.29 is 14.8 Å². The topological polar surface area (TPSA) is 105 Å². The van der Waals surface area contributed by atoms with E-state index in [2.05, 4.69) is 10.3 Å². The lowest BCUT2D eigenvalue weighted by atomic mass is 10.0. The Kier molecular flexibility index (Phi) is 4.83. The second-order valence-corrected chi connectivity index (χ2v) is 4.47. The van der Waals surface area contributed by atoms with Gasteiger partial charge in [0.2, 0.25) is 0 Å². The van der Waals surface area contributed by atoms with Crippen LogP contribution in [0.4, 0.5) is 10.1 Å². The zero-order chi connectivity index (χ0) is 12.8. The van der Waals surface area contributed by atoms with Gasteiger partial charge in [0.15, 0.2) is 5.13 Å². The minimum absolute atomic E-state index is 0.0603. The van der Waals surface area contributed by atoms with Crippen LogP contribution < -0.4 is 5.32 Å². The predicted molar refractivity (Wildman–Crippen MR) is 63.3 cm³/mol. The van der Waals surface area contributed by atoms with Gasteiger partial charge in [0.05, 0.1) is 10.8 Å². The van der Waals surface area contributed by atoms with Crippen LogP contribution in [0.1, 0.15) is 19.8 Å². The summed E-state index contributed by atoms with van der Waals surface area (Å²) in [5.41, 5.74) is 0. The number of aromatic nitrogens is 1. The van der Waals surface area contributed by atoms with Crippen molar-refractivity contribution in [2.24, 2.45) is 5.92 Å². The maximum atomic E-state index is 10.9. The summed E-state index contributed by atoms with van der Waals surface area (Å²) in [6.45, 7) is 2.14. The molecule has 7 nitrogen and oxygen atoms in total. The van der Waals surface area contributed by atoms with Crippen molar-refractivity contribution in [3.8, 4) is 0 Å². The fourth-order valence-electron chi connectivity index (χ4n) is 1.30. The first-order chi connectivity index (χ1) is 8.04. The van der Waals surface area contributed by atoms with Crippen LogP contribution in [0.3, 0.4) is 0 Å². The standard InChI is InChI=1S/C9H13N3O4S/c1-2-3-6(8(13)14)4-10-9-11-5-7(17-9)12(15)16/h5-6H,2-4H2,1H3,(H,10,11)(H,13,14). The van der Waals surface area contributed by atoms with E-state index >= 15 is 0 Å². The first-order valence-electron chi connectivity index (χ1n) is 5.11. The molecular formula is C9H13N3O4S. The van der Waals surface area contributed by atoms with Gasteiger partial charge in [-0.15, -0.1) is 0 Å². The predicted octanol–water partition coefficient (Wildman–Crippen LogP) is 1.96. The highest BCUT2D eigenvalue weighted by Gasteiger charge is 2.17. The van der Waals surface area contributed by atoms with Crippen molar-refractivity contribution in [3.05, 3.63) is 16.3 Å². The number of anilines is 1. The Labute approximate surface area is 102 Å². The van der Waals surface area contributed by atoms with E-state index in [9.17, 15) is 14.9 Å². The number of hydrogen-bond donors (Lipinski definition) is 2. The van der Waals surface area contributed by atoms with E-state index in [4.69, 9.17) is 5.11 Å². The van der Waals surface area contributed by atoms with E-state index in [0.717, 1.165) is 24.0 Å². The third kappa shape index (κ3) is 3.99. The van der Waals surface area contributed by atoms with Crippen LogP contribution in [0, 0.1) is 16.0 Å². The van der Waals surface area contributed by atoms with Gasteiger partial charge in [-0.3, -0.25) is 14.9 Å². The number of nitrogens with zero attached hydrogens (tertiary/aromatic N) is 2. The fourth-order valence-corrected chi connectivity index (χ4v) is 1.94. The molecule has 8 heteroatoms. The second kappa shape index (κ2) is 6.14. The second-order valence-electron chi connectivity index (χ2n) is 3.47. The molecule has 0 aliphatic rings. The lowest BCUT2D eigenvalue weighted by Gasteiger charge is -2.10. The summed E-state index contributed by atoms with van der Waals surface area (Å²) >= 11 is 0.899. The van der Waals surface area contributed by atoms with Crippen LogP contribution in [-0.2, 0) is 4.79 Å². The number of carboxylic acid groups (broad SMARTS) is 1. The van der Waals surface area contributed by atoms with E-state index < -0.39 is 16.8 Å². The Balaban J connectivity index is 2.53. The fraction of sp³-hybridized carbons (Fsp3) is 0.556. The summed E-state index contributed by atoms with van der Waals surface area (Å²) in [5, 5.41) is 22.4. The monoisotopic (exact) mass is 259 g/mol. The van der Waals surface area contributed by atoms with Crippen LogP contribution in [0.15, 0.2) is 6.20 Å². The smallest absolute Gasteiger partial charge is 0.345 e. The minimum atomic E-state index is -0.870.